The van der Waals surface area contributed by atoms with Gasteiger partial charge < -0.3 is 10.2 Å². The molecule has 0 spiro atoms. The van der Waals surface area contributed by atoms with E-state index in [2.05, 4.69) is 39.4 Å². The predicted octanol–water partition coefficient (Wildman–Crippen LogP) is 3.46. The zero-order valence-corrected chi connectivity index (χ0v) is 15.9. The minimum absolute atomic E-state index is 0.000255. The fourth-order valence-electron chi connectivity index (χ4n) is 4.28. The molecular formula is C23H29N3O. The zero-order chi connectivity index (χ0) is 18.5. The van der Waals surface area contributed by atoms with Crippen LogP contribution < -0.4 is 5.32 Å². The molecule has 0 aromatic heterocycles. The number of hydrogen-bond acceptors (Lipinski definition) is 3. The van der Waals surface area contributed by atoms with Crippen LogP contribution in [-0.2, 0) is 6.42 Å². The summed E-state index contributed by atoms with van der Waals surface area (Å²) in [6.07, 6.45) is 5.00. The minimum Gasteiger partial charge on any atom is -0.332 e. The van der Waals surface area contributed by atoms with Gasteiger partial charge in [-0.2, -0.15) is 0 Å². The highest BCUT2D eigenvalue weighted by molar-refractivity contribution is 5.94. The summed E-state index contributed by atoms with van der Waals surface area (Å²) < 4.78 is 0. The summed E-state index contributed by atoms with van der Waals surface area (Å²) in [6, 6.07) is 18.1. The summed E-state index contributed by atoms with van der Waals surface area (Å²) in [7, 11) is 0. The number of nitrogens with zero attached hydrogens (tertiary/aromatic N) is 2. The summed E-state index contributed by atoms with van der Waals surface area (Å²) in [6.45, 7) is 5.50. The minimum atomic E-state index is -0.0487. The van der Waals surface area contributed by atoms with Crippen LogP contribution in [0.25, 0.3) is 0 Å². The lowest BCUT2D eigenvalue weighted by atomic mass is 9.96. The first-order valence-electron chi connectivity index (χ1n) is 10.2. The maximum Gasteiger partial charge on any atom is 0.252 e. The fraction of sp³-hybridized carbons (Fsp3) is 0.435. The molecule has 27 heavy (non-hydrogen) atoms. The molecule has 1 fully saturated rings. The number of hydrogen-bond donors (Lipinski definition) is 1. The lowest BCUT2D eigenvalue weighted by Crippen LogP contribution is -2.48. The molecule has 4 heteroatoms. The smallest absolute Gasteiger partial charge is 0.252 e. The normalized spacial score (nSPS) is 20.8. The van der Waals surface area contributed by atoms with Crippen molar-refractivity contribution >= 4 is 5.91 Å². The number of benzene rings is 2. The Bertz CT molecular complexity index is 755. The SMILES string of the molecule is O=C(NC1c2ccccc2CCN1CCN1CCCCC1)c1ccccc1. The Morgan fingerprint density at radius 1 is 0.889 bits per heavy atom. The Hall–Kier alpha value is -2.17. The third-order valence-electron chi connectivity index (χ3n) is 5.84. The van der Waals surface area contributed by atoms with E-state index in [0.29, 0.717) is 0 Å². The van der Waals surface area contributed by atoms with E-state index in [4.69, 9.17) is 0 Å². The number of rotatable bonds is 5. The van der Waals surface area contributed by atoms with Gasteiger partial charge in [0.05, 0.1) is 0 Å². The summed E-state index contributed by atoms with van der Waals surface area (Å²) >= 11 is 0. The van der Waals surface area contributed by atoms with Gasteiger partial charge in [-0.3, -0.25) is 9.69 Å². The number of fused-ring (bicyclic) bond motifs is 1. The van der Waals surface area contributed by atoms with E-state index in [1.165, 1.54) is 43.5 Å². The molecule has 2 aromatic carbocycles. The number of likely N-dealkylation sites (tertiary alicyclic amines) is 1. The second-order valence-corrected chi connectivity index (χ2v) is 7.63. The van der Waals surface area contributed by atoms with Gasteiger partial charge in [-0.05, 0) is 55.6 Å². The first-order chi connectivity index (χ1) is 13.3. The van der Waals surface area contributed by atoms with Crippen molar-refractivity contribution in [3.8, 4) is 0 Å². The molecule has 1 N–H and O–H groups in total. The van der Waals surface area contributed by atoms with Crippen molar-refractivity contribution in [2.75, 3.05) is 32.7 Å². The second-order valence-electron chi connectivity index (χ2n) is 7.63. The van der Waals surface area contributed by atoms with Crippen LogP contribution >= 0.6 is 0 Å². The summed E-state index contributed by atoms with van der Waals surface area (Å²) in [5.74, 6) is 0.000255. The van der Waals surface area contributed by atoms with E-state index >= 15 is 0 Å². The molecule has 1 saturated heterocycles. The number of piperidine rings is 1. The highest BCUT2D eigenvalue weighted by atomic mass is 16.1. The van der Waals surface area contributed by atoms with Gasteiger partial charge in [0, 0.05) is 25.2 Å². The number of carbonyl (C=O) groups is 1. The van der Waals surface area contributed by atoms with Crippen LogP contribution in [0.1, 0.15) is 46.9 Å². The molecular weight excluding hydrogens is 334 g/mol. The lowest BCUT2D eigenvalue weighted by Gasteiger charge is -2.39. The van der Waals surface area contributed by atoms with Crippen LogP contribution in [0.4, 0.5) is 0 Å². The van der Waals surface area contributed by atoms with Gasteiger partial charge in [-0.15, -0.1) is 0 Å². The van der Waals surface area contributed by atoms with Crippen LogP contribution in [0.2, 0.25) is 0 Å². The van der Waals surface area contributed by atoms with Crippen molar-refractivity contribution in [1.82, 2.24) is 15.1 Å². The van der Waals surface area contributed by atoms with E-state index in [9.17, 15) is 4.79 Å². The number of amides is 1. The van der Waals surface area contributed by atoms with E-state index < -0.39 is 0 Å². The van der Waals surface area contributed by atoms with Gasteiger partial charge in [0.15, 0.2) is 0 Å². The van der Waals surface area contributed by atoms with E-state index in [1.807, 2.05) is 30.3 Å². The van der Waals surface area contributed by atoms with Crippen LogP contribution in [0.3, 0.4) is 0 Å². The summed E-state index contributed by atoms with van der Waals surface area (Å²) in [5, 5.41) is 3.30. The Kier molecular flexibility index (Phi) is 5.85. The largest absolute Gasteiger partial charge is 0.332 e. The maximum absolute atomic E-state index is 12.8. The van der Waals surface area contributed by atoms with E-state index in [1.54, 1.807) is 0 Å². The third-order valence-corrected chi connectivity index (χ3v) is 5.84. The molecule has 2 heterocycles. The molecule has 2 aromatic rings. The average molecular weight is 364 g/mol. The molecule has 142 valence electrons. The van der Waals surface area contributed by atoms with Crippen molar-refractivity contribution in [1.29, 1.82) is 0 Å². The molecule has 1 amide bonds. The van der Waals surface area contributed by atoms with Crippen LogP contribution in [0, 0.1) is 0 Å². The van der Waals surface area contributed by atoms with Gasteiger partial charge in [0.25, 0.3) is 5.91 Å². The average Bonchev–Trinajstić information content (AvgIpc) is 2.74. The molecule has 0 radical (unpaired) electrons. The lowest BCUT2D eigenvalue weighted by molar-refractivity contribution is 0.0798. The van der Waals surface area contributed by atoms with Gasteiger partial charge >= 0.3 is 0 Å². The first kappa shape index (κ1) is 18.2. The molecule has 4 nitrogen and oxygen atoms in total. The van der Waals surface area contributed by atoms with E-state index in [-0.39, 0.29) is 12.1 Å². The number of nitrogens with one attached hydrogen (secondary N) is 1. The standard InChI is InChI=1S/C23H29N3O/c27-23(20-10-3-1-4-11-20)24-22-21-12-6-5-9-19(21)13-16-26(22)18-17-25-14-7-2-8-15-25/h1,3-6,9-12,22H,2,7-8,13-18H2,(H,24,27). The van der Waals surface area contributed by atoms with Crippen molar-refractivity contribution in [2.24, 2.45) is 0 Å². The van der Waals surface area contributed by atoms with Crippen LogP contribution in [-0.4, -0.2) is 48.4 Å². The Labute approximate surface area is 162 Å². The molecule has 0 aliphatic carbocycles. The number of carbonyl (C=O) groups excluding carboxylic acids is 1. The topological polar surface area (TPSA) is 35.6 Å². The van der Waals surface area contributed by atoms with E-state index in [0.717, 1.165) is 31.6 Å². The van der Waals surface area contributed by atoms with Gasteiger partial charge in [0.2, 0.25) is 0 Å². The molecule has 0 saturated carbocycles. The summed E-state index contributed by atoms with van der Waals surface area (Å²) in [5.41, 5.74) is 3.31. The van der Waals surface area contributed by atoms with Gasteiger partial charge in [0.1, 0.15) is 6.17 Å². The second kappa shape index (κ2) is 8.68. The van der Waals surface area contributed by atoms with Crippen molar-refractivity contribution < 1.29 is 4.79 Å². The van der Waals surface area contributed by atoms with Gasteiger partial charge in [-0.25, -0.2) is 0 Å². The predicted molar refractivity (Wildman–Crippen MR) is 109 cm³/mol. The zero-order valence-electron chi connectivity index (χ0n) is 15.9. The van der Waals surface area contributed by atoms with Crippen LogP contribution in [0.15, 0.2) is 54.6 Å². The van der Waals surface area contributed by atoms with Crippen molar-refractivity contribution in [3.05, 3.63) is 71.3 Å². The monoisotopic (exact) mass is 363 g/mol. The molecule has 2 aliphatic rings. The molecule has 2 aliphatic heterocycles. The maximum atomic E-state index is 12.8. The molecule has 4 rings (SSSR count). The molecule has 0 bridgehead atoms. The Morgan fingerprint density at radius 3 is 2.44 bits per heavy atom. The highest BCUT2D eigenvalue weighted by Gasteiger charge is 2.29. The Morgan fingerprint density at radius 2 is 1.63 bits per heavy atom. The fourth-order valence-corrected chi connectivity index (χ4v) is 4.28. The Balaban J connectivity index is 1.50. The highest BCUT2D eigenvalue weighted by Crippen LogP contribution is 2.28. The van der Waals surface area contributed by atoms with Crippen molar-refractivity contribution in [2.45, 2.75) is 31.8 Å². The van der Waals surface area contributed by atoms with Crippen molar-refractivity contribution in [3.63, 3.8) is 0 Å². The molecule has 1 unspecified atom stereocenters. The van der Waals surface area contributed by atoms with Crippen LogP contribution in [0.5, 0.6) is 0 Å². The van der Waals surface area contributed by atoms with Gasteiger partial charge in [-0.1, -0.05) is 48.9 Å². The quantitative estimate of drug-likeness (QED) is 0.884. The molecule has 1 atom stereocenters. The first-order valence-corrected chi connectivity index (χ1v) is 10.2. The third kappa shape index (κ3) is 4.40. The summed E-state index contributed by atoms with van der Waals surface area (Å²) in [4.78, 5) is 17.8.